The van der Waals surface area contributed by atoms with Crippen molar-refractivity contribution in [3.05, 3.63) is 30.1 Å². The van der Waals surface area contributed by atoms with Gasteiger partial charge in [-0.25, -0.2) is 17.5 Å². The van der Waals surface area contributed by atoms with Crippen molar-refractivity contribution in [2.45, 2.75) is 30.6 Å². The summed E-state index contributed by atoms with van der Waals surface area (Å²) in [6.45, 7) is 0.346. The second kappa shape index (κ2) is 7.86. The highest BCUT2D eigenvalue weighted by Crippen LogP contribution is 2.13. The highest BCUT2D eigenvalue weighted by molar-refractivity contribution is 9.09. The van der Waals surface area contributed by atoms with Gasteiger partial charge in [-0.15, -0.1) is 0 Å². The lowest BCUT2D eigenvalue weighted by Gasteiger charge is -2.07. The summed E-state index contributed by atoms with van der Waals surface area (Å²) in [6, 6.07) is 5.38. The molecule has 1 rings (SSSR count). The van der Waals surface area contributed by atoms with Crippen LogP contribution in [0, 0.1) is 5.82 Å². The lowest BCUT2D eigenvalue weighted by molar-refractivity contribution is 0.553. The SMILES string of the molecule is O=S(=O)(NCCCCCCBr)c1ccccc1F. The zero-order valence-electron chi connectivity index (χ0n) is 10.0. The fourth-order valence-corrected chi connectivity index (χ4v) is 3.07. The van der Waals surface area contributed by atoms with E-state index in [-0.39, 0.29) is 4.90 Å². The Morgan fingerprint density at radius 3 is 2.44 bits per heavy atom. The number of alkyl halides is 1. The molecule has 3 nitrogen and oxygen atoms in total. The van der Waals surface area contributed by atoms with Crippen molar-refractivity contribution in [2.75, 3.05) is 11.9 Å². The van der Waals surface area contributed by atoms with Gasteiger partial charge < -0.3 is 0 Å². The number of benzene rings is 1. The van der Waals surface area contributed by atoms with Crippen LogP contribution in [0.5, 0.6) is 0 Å². The molecule has 1 aromatic carbocycles. The Bertz CT molecular complexity index is 465. The first kappa shape index (κ1) is 15.6. The number of sulfonamides is 1. The van der Waals surface area contributed by atoms with E-state index in [0.717, 1.165) is 37.1 Å². The quantitative estimate of drug-likeness (QED) is 0.585. The van der Waals surface area contributed by atoms with Gasteiger partial charge in [-0.3, -0.25) is 0 Å². The van der Waals surface area contributed by atoms with Crippen molar-refractivity contribution in [3.8, 4) is 0 Å². The summed E-state index contributed by atoms with van der Waals surface area (Å²) in [4.78, 5) is -0.287. The first-order valence-corrected chi connectivity index (χ1v) is 8.48. The van der Waals surface area contributed by atoms with Crippen molar-refractivity contribution in [1.82, 2.24) is 4.72 Å². The monoisotopic (exact) mass is 337 g/mol. The highest BCUT2D eigenvalue weighted by atomic mass is 79.9. The maximum absolute atomic E-state index is 13.3. The van der Waals surface area contributed by atoms with Gasteiger partial charge in [-0.05, 0) is 25.0 Å². The van der Waals surface area contributed by atoms with Crippen molar-refractivity contribution >= 4 is 26.0 Å². The average Bonchev–Trinajstić information content (AvgIpc) is 2.34. The van der Waals surface area contributed by atoms with E-state index in [1.807, 2.05) is 0 Å². The molecule has 0 saturated carbocycles. The van der Waals surface area contributed by atoms with E-state index in [0.29, 0.717) is 6.54 Å². The van der Waals surface area contributed by atoms with Gasteiger partial charge in [-0.2, -0.15) is 0 Å². The topological polar surface area (TPSA) is 46.2 Å². The van der Waals surface area contributed by atoms with Crippen LogP contribution >= 0.6 is 15.9 Å². The molecule has 0 bridgehead atoms. The number of nitrogens with one attached hydrogen (secondary N) is 1. The lowest BCUT2D eigenvalue weighted by Crippen LogP contribution is -2.25. The molecule has 1 aromatic rings. The van der Waals surface area contributed by atoms with Crippen LogP contribution in [0.2, 0.25) is 0 Å². The average molecular weight is 338 g/mol. The van der Waals surface area contributed by atoms with E-state index < -0.39 is 15.8 Å². The molecular weight excluding hydrogens is 321 g/mol. The Kier molecular flexibility index (Phi) is 6.81. The molecule has 1 N–H and O–H groups in total. The summed E-state index contributed by atoms with van der Waals surface area (Å²) in [5.74, 6) is -0.718. The van der Waals surface area contributed by atoms with E-state index in [1.165, 1.54) is 18.2 Å². The Hall–Kier alpha value is -0.460. The summed E-state index contributed by atoms with van der Waals surface area (Å²) in [5.41, 5.74) is 0. The van der Waals surface area contributed by atoms with Gasteiger partial charge in [0.05, 0.1) is 0 Å². The highest BCUT2D eigenvalue weighted by Gasteiger charge is 2.17. The molecule has 0 spiro atoms. The first-order chi connectivity index (χ1) is 8.58. The summed E-state index contributed by atoms with van der Waals surface area (Å²) in [5, 5.41) is 0.966. The minimum absolute atomic E-state index is 0.287. The van der Waals surface area contributed by atoms with Crippen LogP contribution in [-0.2, 0) is 10.0 Å². The van der Waals surface area contributed by atoms with Gasteiger partial charge in [0.2, 0.25) is 10.0 Å². The summed E-state index contributed by atoms with van der Waals surface area (Å²) in [6.07, 6.45) is 3.87. The van der Waals surface area contributed by atoms with E-state index in [4.69, 9.17) is 0 Å². The van der Waals surface area contributed by atoms with Crippen LogP contribution < -0.4 is 4.72 Å². The largest absolute Gasteiger partial charge is 0.243 e. The third-order valence-electron chi connectivity index (χ3n) is 2.48. The standard InChI is InChI=1S/C12H17BrFNO2S/c13-9-5-1-2-6-10-15-18(16,17)12-8-4-3-7-11(12)14/h3-4,7-8,15H,1-2,5-6,9-10H2. The Labute approximate surface area is 116 Å². The van der Waals surface area contributed by atoms with E-state index in [1.54, 1.807) is 0 Å². The van der Waals surface area contributed by atoms with Crippen LogP contribution in [0.4, 0.5) is 4.39 Å². The van der Waals surface area contributed by atoms with Crippen LogP contribution in [0.25, 0.3) is 0 Å². The van der Waals surface area contributed by atoms with E-state index in [2.05, 4.69) is 20.7 Å². The Morgan fingerprint density at radius 1 is 1.11 bits per heavy atom. The molecule has 0 unspecified atom stereocenters. The van der Waals surface area contributed by atoms with Crippen LogP contribution in [-0.4, -0.2) is 20.3 Å². The predicted octanol–water partition coefficient (Wildman–Crippen LogP) is 3.06. The molecule has 102 valence electrons. The third kappa shape index (κ3) is 5.04. The number of hydrogen-bond donors (Lipinski definition) is 1. The van der Waals surface area contributed by atoms with Crippen LogP contribution in [0.3, 0.4) is 0 Å². The van der Waals surface area contributed by atoms with Gasteiger partial charge in [0, 0.05) is 11.9 Å². The maximum Gasteiger partial charge on any atom is 0.243 e. The fraction of sp³-hybridized carbons (Fsp3) is 0.500. The number of unbranched alkanes of at least 4 members (excludes halogenated alkanes) is 3. The zero-order valence-corrected chi connectivity index (χ0v) is 12.4. The summed E-state index contributed by atoms with van der Waals surface area (Å²) >= 11 is 3.34. The third-order valence-corrected chi connectivity index (χ3v) is 4.53. The Balaban J connectivity index is 2.44. The van der Waals surface area contributed by atoms with Crippen molar-refractivity contribution in [3.63, 3.8) is 0 Å². The first-order valence-electron chi connectivity index (χ1n) is 5.88. The van der Waals surface area contributed by atoms with Crippen LogP contribution in [0.1, 0.15) is 25.7 Å². The molecule has 0 amide bonds. The van der Waals surface area contributed by atoms with Gasteiger partial charge in [0.25, 0.3) is 0 Å². The van der Waals surface area contributed by atoms with Gasteiger partial charge in [-0.1, -0.05) is 40.9 Å². The maximum atomic E-state index is 13.3. The zero-order chi connectivity index (χ0) is 13.4. The second-order valence-corrected chi connectivity index (χ2v) is 6.46. The lowest BCUT2D eigenvalue weighted by atomic mass is 10.2. The van der Waals surface area contributed by atoms with Gasteiger partial charge in [0.1, 0.15) is 10.7 Å². The molecule has 0 aliphatic rings. The molecule has 0 aliphatic heterocycles. The van der Waals surface area contributed by atoms with Crippen molar-refractivity contribution in [1.29, 1.82) is 0 Å². The molecule has 0 aliphatic carbocycles. The minimum atomic E-state index is -3.72. The van der Waals surface area contributed by atoms with E-state index in [9.17, 15) is 12.8 Å². The fourth-order valence-electron chi connectivity index (χ4n) is 1.52. The molecular formula is C12H17BrFNO2S. The summed E-state index contributed by atoms with van der Waals surface area (Å²) in [7, 11) is -3.72. The van der Waals surface area contributed by atoms with Crippen LogP contribution in [0.15, 0.2) is 29.2 Å². The van der Waals surface area contributed by atoms with Gasteiger partial charge in [0.15, 0.2) is 0 Å². The normalized spacial score (nSPS) is 11.7. The number of halogens is 2. The van der Waals surface area contributed by atoms with E-state index >= 15 is 0 Å². The molecule has 0 fully saturated rings. The smallest absolute Gasteiger partial charge is 0.211 e. The molecule has 0 heterocycles. The summed E-state index contributed by atoms with van der Waals surface area (Å²) < 4.78 is 39.3. The number of rotatable bonds is 8. The molecule has 0 aromatic heterocycles. The number of hydrogen-bond acceptors (Lipinski definition) is 2. The molecule has 0 radical (unpaired) electrons. The minimum Gasteiger partial charge on any atom is -0.211 e. The predicted molar refractivity (Wildman–Crippen MR) is 73.9 cm³/mol. The van der Waals surface area contributed by atoms with Gasteiger partial charge >= 0.3 is 0 Å². The molecule has 6 heteroatoms. The van der Waals surface area contributed by atoms with Crippen molar-refractivity contribution < 1.29 is 12.8 Å². The second-order valence-electron chi connectivity index (χ2n) is 3.93. The Morgan fingerprint density at radius 2 is 1.78 bits per heavy atom. The molecule has 18 heavy (non-hydrogen) atoms. The molecule has 0 atom stereocenters. The van der Waals surface area contributed by atoms with Crippen molar-refractivity contribution in [2.24, 2.45) is 0 Å². The molecule has 0 saturated heterocycles.